The van der Waals surface area contributed by atoms with Gasteiger partial charge in [-0.05, 0) is 25.1 Å². The summed E-state index contributed by atoms with van der Waals surface area (Å²) in [5.74, 6) is 0.988. The lowest BCUT2D eigenvalue weighted by molar-refractivity contribution is 0.252. The number of fused-ring (bicyclic) bond motifs is 1. The fourth-order valence-corrected chi connectivity index (χ4v) is 3.39. The Morgan fingerprint density at radius 1 is 1.53 bits per heavy atom. The van der Waals surface area contributed by atoms with Crippen LogP contribution in [0.4, 0.5) is 0 Å². The Morgan fingerprint density at radius 2 is 2.42 bits per heavy atom. The van der Waals surface area contributed by atoms with Crippen LogP contribution in [-0.4, -0.2) is 11.6 Å². The number of nitrogens with one attached hydrogen (secondary N) is 1. The van der Waals surface area contributed by atoms with Gasteiger partial charge in [0, 0.05) is 40.1 Å². The molecule has 1 aliphatic heterocycles. The number of ether oxygens (including phenoxy) is 1. The number of aromatic nitrogens is 1. The van der Waals surface area contributed by atoms with Crippen molar-refractivity contribution < 1.29 is 4.74 Å². The number of aryl methyl sites for hydroxylation is 1. The van der Waals surface area contributed by atoms with Crippen LogP contribution in [-0.2, 0) is 6.54 Å². The molecule has 3 rings (SSSR count). The Kier molecular flexibility index (Phi) is 3.86. The molecule has 100 valence electrons. The summed E-state index contributed by atoms with van der Waals surface area (Å²) in [5.41, 5.74) is 1.23. The van der Waals surface area contributed by atoms with Gasteiger partial charge in [0.2, 0.25) is 0 Å². The summed E-state index contributed by atoms with van der Waals surface area (Å²) >= 11 is 5.27. The van der Waals surface area contributed by atoms with Crippen LogP contribution in [0.5, 0.6) is 5.75 Å². The van der Waals surface area contributed by atoms with Crippen LogP contribution >= 0.6 is 27.3 Å². The molecule has 0 saturated carbocycles. The molecule has 0 radical (unpaired) electrons. The maximum absolute atomic E-state index is 5.69. The maximum Gasteiger partial charge on any atom is 0.124 e. The molecule has 0 amide bonds. The molecule has 1 aromatic carbocycles. The van der Waals surface area contributed by atoms with Crippen molar-refractivity contribution in [3.63, 3.8) is 0 Å². The van der Waals surface area contributed by atoms with Crippen LogP contribution in [0.3, 0.4) is 0 Å². The van der Waals surface area contributed by atoms with Gasteiger partial charge in [0.05, 0.1) is 6.61 Å². The molecule has 0 fully saturated rings. The van der Waals surface area contributed by atoms with Gasteiger partial charge in [-0.2, -0.15) is 0 Å². The van der Waals surface area contributed by atoms with Gasteiger partial charge >= 0.3 is 0 Å². The van der Waals surface area contributed by atoms with Crippen molar-refractivity contribution in [2.75, 3.05) is 6.61 Å². The molecule has 0 spiro atoms. The summed E-state index contributed by atoms with van der Waals surface area (Å²) in [5, 5.41) is 4.72. The number of nitrogens with zero attached hydrogens (tertiary/aromatic N) is 1. The minimum atomic E-state index is 0.338. The summed E-state index contributed by atoms with van der Waals surface area (Å²) in [7, 11) is 0. The first kappa shape index (κ1) is 13.1. The first-order valence-corrected chi connectivity index (χ1v) is 7.90. The number of thiazole rings is 1. The highest BCUT2D eigenvalue weighted by Crippen LogP contribution is 2.34. The fourth-order valence-electron chi connectivity index (χ4n) is 2.27. The van der Waals surface area contributed by atoms with Crippen molar-refractivity contribution in [1.29, 1.82) is 0 Å². The second kappa shape index (κ2) is 5.61. The molecular weight excluding hydrogens is 324 g/mol. The number of rotatable bonds is 3. The summed E-state index contributed by atoms with van der Waals surface area (Å²) < 4.78 is 6.78. The van der Waals surface area contributed by atoms with E-state index in [2.05, 4.69) is 39.2 Å². The third kappa shape index (κ3) is 2.99. The third-order valence-electron chi connectivity index (χ3n) is 3.18. The molecular formula is C14H15BrN2OS. The Bertz CT molecular complexity index is 585. The molecule has 1 unspecified atom stereocenters. The van der Waals surface area contributed by atoms with Gasteiger partial charge in [0.1, 0.15) is 10.8 Å². The van der Waals surface area contributed by atoms with Crippen LogP contribution in [0.2, 0.25) is 0 Å². The molecule has 1 atom stereocenters. The Morgan fingerprint density at radius 3 is 3.21 bits per heavy atom. The summed E-state index contributed by atoms with van der Waals surface area (Å²) in [6, 6.07) is 6.52. The van der Waals surface area contributed by atoms with E-state index in [4.69, 9.17) is 4.74 Å². The maximum atomic E-state index is 5.69. The van der Waals surface area contributed by atoms with E-state index in [9.17, 15) is 0 Å². The van der Waals surface area contributed by atoms with Gasteiger partial charge in [-0.15, -0.1) is 11.3 Å². The van der Waals surface area contributed by atoms with E-state index in [-0.39, 0.29) is 0 Å². The predicted molar refractivity (Wildman–Crippen MR) is 80.7 cm³/mol. The van der Waals surface area contributed by atoms with Crippen LogP contribution in [0.1, 0.15) is 27.9 Å². The number of hydrogen-bond donors (Lipinski definition) is 1. The minimum absolute atomic E-state index is 0.338. The van der Waals surface area contributed by atoms with E-state index in [0.717, 1.165) is 34.8 Å². The Labute approximate surface area is 125 Å². The standard InChI is InChI=1S/C14H15BrN2OS/c1-9-7-17-14(19-9)8-16-12-4-5-18-13-3-2-10(15)6-11(12)13/h2-3,6-7,12,16H,4-5,8H2,1H3. The average molecular weight is 339 g/mol. The lowest BCUT2D eigenvalue weighted by Crippen LogP contribution is -2.26. The highest BCUT2D eigenvalue weighted by Gasteiger charge is 2.21. The molecule has 5 heteroatoms. The molecule has 1 aliphatic rings. The van der Waals surface area contributed by atoms with Crippen molar-refractivity contribution >= 4 is 27.3 Å². The number of benzene rings is 1. The Balaban J connectivity index is 1.74. The van der Waals surface area contributed by atoms with E-state index in [0.29, 0.717) is 6.04 Å². The van der Waals surface area contributed by atoms with Crippen LogP contribution in [0.15, 0.2) is 28.9 Å². The van der Waals surface area contributed by atoms with Gasteiger partial charge in [0.25, 0.3) is 0 Å². The van der Waals surface area contributed by atoms with Crippen molar-refractivity contribution in [2.24, 2.45) is 0 Å². The summed E-state index contributed by atoms with van der Waals surface area (Å²) in [4.78, 5) is 5.65. The topological polar surface area (TPSA) is 34.2 Å². The van der Waals surface area contributed by atoms with Gasteiger partial charge in [-0.1, -0.05) is 15.9 Å². The zero-order valence-corrected chi connectivity index (χ0v) is 13.1. The smallest absolute Gasteiger partial charge is 0.124 e. The molecule has 1 aromatic heterocycles. The third-order valence-corrected chi connectivity index (χ3v) is 4.59. The first-order valence-electron chi connectivity index (χ1n) is 6.29. The molecule has 19 heavy (non-hydrogen) atoms. The lowest BCUT2D eigenvalue weighted by atomic mass is 10.0. The highest BCUT2D eigenvalue weighted by molar-refractivity contribution is 9.10. The zero-order valence-electron chi connectivity index (χ0n) is 10.6. The van der Waals surface area contributed by atoms with Gasteiger partial charge in [-0.25, -0.2) is 4.98 Å². The molecule has 0 aliphatic carbocycles. The van der Waals surface area contributed by atoms with Gasteiger partial charge in [0.15, 0.2) is 0 Å². The van der Waals surface area contributed by atoms with Crippen molar-refractivity contribution in [3.8, 4) is 5.75 Å². The highest BCUT2D eigenvalue weighted by atomic mass is 79.9. The fraction of sp³-hybridized carbons (Fsp3) is 0.357. The Hall–Kier alpha value is -0.910. The van der Waals surface area contributed by atoms with Gasteiger partial charge in [-0.3, -0.25) is 0 Å². The van der Waals surface area contributed by atoms with Crippen LogP contribution in [0.25, 0.3) is 0 Å². The molecule has 1 N–H and O–H groups in total. The second-order valence-electron chi connectivity index (χ2n) is 4.62. The van der Waals surface area contributed by atoms with Crippen molar-refractivity contribution in [2.45, 2.75) is 25.9 Å². The zero-order chi connectivity index (χ0) is 13.2. The molecule has 0 bridgehead atoms. The van der Waals surface area contributed by atoms with E-state index in [1.807, 2.05) is 18.3 Å². The van der Waals surface area contributed by atoms with E-state index in [1.165, 1.54) is 10.4 Å². The van der Waals surface area contributed by atoms with Crippen molar-refractivity contribution in [3.05, 3.63) is 44.3 Å². The van der Waals surface area contributed by atoms with Crippen molar-refractivity contribution in [1.82, 2.24) is 10.3 Å². The van der Waals surface area contributed by atoms with Crippen LogP contribution in [0, 0.1) is 6.92 Å². The first-order chi connectivity index (χ1) is 9.22. The SMILES string of the molecule is Cc1cnc(CNC2CCOc3ccc(Br)cc32)s1. The minimum Gasteiger partial charge on any atom is -0.493 e. The quantitative estimate of drug-likeness (QED) is 0.923. The number of halogens is 1. The van der Waals surface area contributed by atoms with E-state index < -0.39 is 0 Å². The summed E-state index contributed by atoms with van der Waals surface area (Å²) in [6.07, 6.45) is 2.92. The average Bonchev–Trinajstić information content (AvgIpc) is 2.82. The van der Waals surface area contributed by atoms with E-state index >= 15 is 0 Å². The largest absolute Gasteiger partial charge is 0.493 e. The monoisotopic (exact) mass is 338 g/mol. The second-order valence-corrected chi connectivity index (χ2v) is 6.85. The van der Waals surface area contributed by atoms with E-state index in [1.54, 1.807) is 11.3 Å². The molecule has 2 heterocycles. The molecule has 2 aromatic rings. The lowest BCUT2D eigenvalue weighted by Gasteiger charge is -2.26. The molecule has 0 saturated heterocycles. The van der Waals surface area contributed by atoms with Gasteiger partial charge < -0.3 is 10.1 Å². The normalized spacial score (nSPS) is 17.9. The molecule has 3 nitrogen and oxygen atoms in total. The summed E-state index contributed by atoms with van der Waals surface area (Å²) in [6.45, 7) is 3.67. The van der Waals surface area contributed by atoms with Crippen LogP contribution < -0.4 is 10.1 Å². The number of hydrogen-bond acceptors (Lipinski definition) is 4. The predicted octanol–water partition coefficient (Wildman–Crippen LogP) is 3.83.